The van der Waals surface area contributed by atoms with Crippen molar-refractivity contribution in [2.75, 3.05) is 27.2 Å². The maximum Gasteiger partial charge on any atom is 0.244 e. The molecular weight excluding hydrogens is 302 g/mol. The molecule has 1 aromatic rings. The third kappa shape index (κ3) is 4.07. The summed E-state index contributed by atoms with van der Waals surface area (Å²) in [5.74, 6) is -0.630. The lowest BCUT2D eigenvalue weighted by molar-refractivity contribution is 0.465. The number of hydrogen-bond donors (Lipinski definition) is 1. The smallest absolute Gasteiger partial charge is 0.244 e. The fraction of sp³-hybridized carbons (Fsp3) is 0.400. The zero-order chi connectivity index (χ0) is 13.1. The molecule has 0 aromatic heterocycles. The van der Waals surface area contributed by atoms with E-state index in [2.05, 4.69) is 5.32 Å². The lowest BCUT2D eigenvalue weighted by Crippen LogP contribution is -2.33. The van der Waals surface area contributed by atoms with Gasteiger partial charge in [0.2, 0.25) is 10.0 Å². The lowest BCUT2D eigenvalue weighted by atomic mass is 10.3. The van der Waals surface area contributed by atoms with Gasteiger partial charge in [-0.15, -0.1) is 12.4 Å². The molecule has 0 saturated carbocycles. The molecule has 104 valence electrons. The number of nitrogens with zero attached hydrogens (tertiary/aromatic N) is 1. The van der Waals surface area contributed by atoms with Crippen LogP contribution in [0.3, 0.4) is 0 Å². The Kier molecular flexibility index (Phi) is 7.09. The van der Waals surface area contributed by atoms with E-state index in [1.54, 1.807) is 7.05 Å². The summed E-state index contributed by atoms with van der Waals surface area (Å²) in [6.07, 6.45) is 0. The zero-order valence-electron chi connectivity index (χ0n) is 9.98. The molecule has 0 atom stereocenters. The van der Waals surface area contributed by atoms with Crippen LogP contribution in [0.25, 0.3) is 0 Å². The number of benzene rings is 1. The molecule has 0 saturated heterocycles. The second kappa shape index (κ2) is 7.25. The number of sulfonamides is 1. The third-order valence-corrected chi connectivity index (χ3v) is 4.60. The Morgan fingerprint density at radius 1 is 1.44 bits per heavy atom. The Bertz CT molecular complexity index is 497. The third-order valence-electron chi connectivity index (χ3n) is 2.26. The van der Waals surface area contributed by atoms with E-state index in [4.69, 9.17) is 11.6 Å². The van der Waals surface area contributed by atoms with Gasteiger partial charge in [0, 0.05) is 20.1 Å². The average Bonchev–Trinajstić information content (AvgIpc) is 2.28. The molecule has 4 nitrogen and oxygen atoms in total. The van der Waals surface area contributed by atoms with Crippen LogP contribution in [-0.2, 0) is 10.0 Å². The summed E-state index contributed by atoms with van der Waals surface area (Å²) < 4.78 is 38.3. The van der Waals surface area contributed by atoms with E-state index in [0.29, 0.717) is 6.54 Å². The summed E-state index contributed by atoms with van der Waals surface area (Å²) in [5, 5.41) is 2.85. The van der Waals surface area contributed by atoms with Crippen LogP contribution in [0.2, 0.25) is 5.02 Å². The van der Waals surface area contributed by atoms with Gasteiger partial charge in [-0.25, -0.2) is 12.8 Å². The van der Waals surface area contributed by atoms with Crippen molar-refractivity contribution < 1.29 is 12.8 Å². The molecule has 0 radical (unpaired) electrons. The largest absolute Gasteiger partial charge is 0.318 e. The number of hydrogen-bond acceptors (Lipinski definition) is 3. The predicted octanol–water partition coefficient (Wildman–Crippen LogP) is 1.74. The normalized spacial score (nSPS) is 11.4. The van der Waals surface area contributed by atoms with Crippen LogP contribution in [0.4, 0.5) is 4.39 Å². The molecule has 18 heavy (non-hydrogen) atoms. The molecule has 1 N–H and O–H groups in total. The summed E-state index contributed by atoms with van der Waals surface area (Å²) >= 11 is 5.77. The average molecular weight is 317 g/mol. The zero-order valence-corrected chi connectivity index (χ0v) is 12.4. The molecule has 0 heterocycles. The van der Waals surface area contributed by atoms with Crippen LogP contribution in [-0.4, -0.2) is 39.9 Å². The van der Waals surface area contributed by atoms with Gasteiger partial charge in [0.1, 0.15) is 10.7 Å². The molecule has 0 unspecified atom stereocenters. The molecule has 0 aliphatic rings. The van der Waals surface area contributed by atoms with Crippen LogP contribution >= 0.6 is 24.0 Å². The van der Waals surface area contributed by atoms with Crippen molar-refractivity contribution in [3.8, 4) is 0 Å². The highest BCUT2D eigenvalue weighted by Gasteiger charge is 2.23. The quantitative estimate of drug-likeness (QED) is 0.900. The molecule has 1 rings (SSSR count). The minimum Gasteiger partial charge on any atom is -0.318 e. The van der Waals surface area contributed by atoms with Gasteiger partial charge in [0.25, 0.3) is 0 Å². The van der Waals surface area contributed by atoms with Crippen LogP contribution in [0.5, 0.6) is 0 Å². The highest BCUT2D eigenvalue weighted by atomic mass is 35.5. The fourth-order valence-corrected chi connectivity index (χ4v) is 2.89. The first kappa shape index (κ1) is 17.6. The monoisotopic (exact) mass is 316 g/mol. The first-order chi connectivity index (χ1) is 7.89. The van der Waals surface area contributed by atoms with Gasteiger partial charge in [-0.05, 0) is 25.2 Å². The van der Waals surface area contributed by atoms with Gasteiger partial charge in [-0.2, -0.15) is 4.31 Å². The number of likely N-dealkylation sites (N-methyl/N-ethyl adjacent to an activating group) is 2. The van der Waals surface area contributed by atoms with Crippen molar-refractivity contribution in [1.29, 1.82) is 0 Å². The topological polar surface area (TPSA) is 49.4 Å². The van der Waals surface area contributed by atoms with Crippen molar-refractivity contribution in [2.24, 2.45) is 0 Å². The number of halogens is 3. The van der Waals surface area contributed by atoms with Gasteiger partial charge >= 0.3 is 0 Å². The Morgan fingerprint density at radius 3 is 2.61 bits per heavy atom. The van der Waals surface area contributed by atoms with E-state index in [1.807, 2.05) is 0 Å². The molecule has 1 aromatic carbocycles. The molecule has 0 aliphatic carbocycles. The van der Waals surface area contributed by atoms with Gasteiger partial charge in [-0.3, -0.25) is 0 Å². The van der Waals surface area contributed by atoms with Crippen molar-refractivity contribution >= 4 is 34.0 Å². The van der Waals surface area contributed by atoms with Crippen molar-refractivity contribution in [1.82, 2.24) is 9.62 Å². The number of rotatable bonds is 5. The number of nitrogens with one attached hydrogen (secondary N) is 1. The second-order valence-corrected chi connectivity index (χ2v) is 5.93. The van der Waals surface area contributed by atoms with E-state index in [1.165, 1.54) is 13.1 Å². The van der Waals surface area contributed by atoms with Crippen molar-refractivity contribution in [3.05, 3.63) is 29.0 Å². The minimum atomic E-state index is -3.74. The van der Waals surface area contributed by atoms with Crippen molar-refractivity contribution in [3.63, 3.8) is 0 Å². The maximum absolute atomic E-state index is 13.0. The van der Waals surface area contributed by atoms with Crippen LogP contribution < -0.4 is 5.32 Å². The molecular formula is C10H15Cl2FN2O2S. The summed E-state index contributed by atoms with van der Waals surface area (Å²) in [7, 11) is -0.601. The Hall–Kier alpha value is -0.400. The fourth-order valence-electron chi connectivity index (χ4n) is 1.23. The van der Waals surface area contributed by atoms with E-state index in [9.17, 15) is 12.8 Å². The standard InChI is InChI=1S/C10H14ClFN2O2S.ClH/c1-13-5-6-14(2)17(15,16)10-7-8(12)3-4-9(10)11;/h3-4,7,13H,5-6H2,1-2H3;1H. The van der Waals surface area contributed by atoms with Crippen molar-refractivity contribution in [2.45, 2.75) is 4.90 Å². The highest BCUT2D eigenvalue weighted by Crippen LogP contribution is 2.24. The van der Waals surface area contributed by atoms with Gasteiger partial charge in [-0.1, -0.05) is 11.6 Å². The van der Waals surface area contributed by atoms with Gasteiger partial charge in [0.05, 0.1) is 5.02 Å². The molecule has 0 fully saturated rings. The van der Waals surface area contributed by atoms with E-state index < -0.39 is 15.8 Å². The minimum absolute atomic E-state index is 0. The Balaban J connectivity index is 0.00000289. The van der Waals surface area contributed by atoms with Gasteiger partial charge < -0.3 is 5.32 Å². The summed E-state index contributed by atoms with van der Waals surface area (Å²) in [6.45, 7) is 0.786. The SMILES string of the molecule is CNCCN(C)S(=O)(=O)c1cc(F)ccc1Cl.Cl. The second-order valence-electron chi connectivity index (χ2n) is 3.50. The molecule has 0 bridgehead atoms. The van der Waals surface area contributed by atoms with Crippen LogP contribution in [0.1, 0.15) is 0 Å². The van der Waals surface area contributed by atoms with E-state index >= 15 is 0 Å². The van der Waals surface area contributed by atoms with E-state index in [0.717, 1.165) is 16.4 Å². The molecule has 0 spiro atoms. The predicted molar refractivity (Wildman–Crippen MR) is 72.4 cm³/mol. The van der Waals surface area contributed by atoms with Crippen LogP contribution in [0.15, 0.2) is 23.1 Å². The Labute approximate surface area is 118 Å². The Morgan fingerprint density at radius 2 is 2.06 bits per heavy atom. The van der Waals surface area contributed by atoms with Crippen LogP contribution in [0, 0.1) is 5.82 Å². The first-order valence-electron chi connectivity index (χ1n) is 4.95. The summed E-state index contributed by atoms with van der Waals surface area (Å²) in [6, 6.07) is 3.28. The van der Waals surface area contributed by atoms with E-state index in [-0.39, 0.29) is 28.9 Å². The first-order valence-corrected chi connectivity index (χ1v) is 6.77. The maximum atomic E-state index is 13.0. The molecule has 8 heteroatoms. The molecule has 0 aliphatic heterocycles. The summed E-state index contributed by atoms with van der Waals surface area (Å²) in [5.41, 5.74) is 0. The summed E-state index contributed by atoms with van der Waals surface area (Å²) in [4.78, 5) is -0.210. The van der Waals surface area contributed by atoms with Gasteiger partial charge in [0.15, 0.2) is 0 Å². The molecule has 0 amide bonds. The lowest BCUT2D eigenvalue weighted by Gasteiger charge is -2.17. The highest BCUT2D eigenvalue weighted by molar-refractivity contribution is 7.89.